The summed E-state index contributed by atoms with van der Waals surface area (Å²) in [4.78, 5) is 16.8. The van der Waals surface area contributed by atoms with Crippen LogP contribution in [0.2, 0.25) is 0 Å². The molecule has 12 nitrogen and oxygen atoms in total. The van der Waals surface area contributed by atoms with Crippen LogP contribution in [0.3, 0.4) is 0 Å². The highest BCUT2D eigenvalue weighted by molar-refractivity contribution is 7.91. The van der Waals surface area contributed by atoms with Gasteiger partial charge in [0.25, 0.3) is 5.91 Å². The van der Waals surface area contributed by atoms with Crippen molar-refractivity contribution in [3.05, 3.63) is 53.6 Å². The first-order chi connectivity index (χ1) is 18.2. The number of carbonyl (C=O) groups is 1. The van der Waals surface area contributed by atoms with Crippen molar-refractivity contribution < 1.29 is 30.8 Å². The minimum Gasteiger partial charge on any atom is -0.495 e. The molecule has 2 aromatic rings. The molecule has 15 heteroatoms. The number of ether oxygens (including phenoxy) is 1. The van der Waals surface area contributed by atoms with Crippen molar-refractivity contribution in [2.24, 2.45) is 0 Å². The average molecular weight is 583 g/mol. The van der Waals surface area contributed by atoms with Gasteiger partial charge in [0.05, 0.1) is 24.1 Å². The Balaban J connectivity index is 1.73. The lowest BCUT2D eigenvalue weighted by atomic mass is 9.87. The number of hydrogen-bond donors (Lipinski definition) is 3. The van der Waals surface area contributed by atoms with Crippen LogP contribution >= 0.6 is 0 Å². The minimum absolute atomic E-state index is 0.0233. The number of nitrogens with one attached hydrogen (secondary N) is 3. The van der Waals surface area contributed by atoms with Crippen LogP contribution in [0, 0.1) is 11.2 Å². The summed E-state index contributed by atoms with van der Waals surface area (Å²) >= 11 is 0. The lowest BCUT2D eigenvalue weighted by Crippen LogP contribution is -2.68. The van der Waals surface area contributed by atoms with Gasteiger partial charge in [-0.1, -0.05) is 6.92 Å². The summed E-state index contributed by atoms with van der Waals surface area (Å²) in [6, 6.07) is 6.66. The molecule has 1 aromatic carbocycles. The molecule has 2 fully saturated rings. The molecule has 0 bridgehead atoms. The van der Waals surface area contributed by atoms with E-state index < -0.39 is 60.3 Å². The Morgan fingerprint density at radius 3 is 2.59 bits per heavy atom. The molecule has 1 amide bonds. The molecular formula is C24H31FN6O6S2. The largest absolute Gasteiger partial charge is 0.495 e. The van der Waals surface area contributed by atoms with Crippen LogP contribution in [0.25, 0.3) is 0 Å². The number of aromatic nitrogens is 1. The van der Waals surface area contributed by atoms with Crippen molar-refractivity contribution in [2.75, 3.05) is 32.6 Å². The highest BCUT2D eigenvalue weighted by atomic mass is 32.2. The lowest BCUT2D eigenvalue weighted by molar-refractivity contribution is 0.102. The normalized spacial score (nSPS) is 22.9. The van der Waals surface area contributed by atoms with Gasteiger partial charge in [-0.05, 0) is 50.1 Å². The van der Waals surface area contributed by atoms with Crippen molar-refractivity contribution in [3.8, 4) is 5.75 Å². The minimum atomic E-state index is -4.32. The molecule has 2 heterocycles. The monoisotopic (exact) mass is 582 g/mol. The summed E-state index contributed by atoms with van der Waals surface area (Å²) < 4.78 is 75.5. The molecule has 2 atom stereocenters. The summed E-state index contributed by atoms with van der Waals surface area (Å²) in [6.45, 7) is 2.58. The summed E-state index contributed by atoms with van der Waals surface area (Å²) in [5.41, 5.74) is -1.71. The smallest absolute Gasteiger partial charge is 0.274 e. The van der Waals surface area contributed by atoms with E-state index in [1.807, 2.05) is 0 Å². The number of benzene rings is 1. The van der Waals surface area contributed by atoms with Gasteiger partial charge in [0.15, 0.2) is 0 Å². The number of rotatable bonds is 9. The quantitative estimate of drug-likeness (QED) is 0.402. The summed E-state index contributed by atoms with van der Waals surface area (Å²) in [5, 5.41) is 11.6. The topological polar surface area (TPSA) is 162 Å². The highest BCUT2D eigenvalue weighted by Gasteiger charge is 2.54. The maximum Gasteiger partial charge on any atom is 0.274 e. The maximum atomic E-state index is 15.4. The molecule has 1 aromatic heterocycles. The van der Waals surface area contributed by atoms with E-state index in [0.717, 1.165) is 14.7 Å². The summed E-state index contributed by atoms with van der Waals surface area (Å²) in [6.07, 6.45) is 2.36. The first kappa shape index (κ1) is 28.7. The Hall–Kier alpha value is -3.30. The van der Waals surface area contributed by atoms with Crippen molar-refractivity contribution in [1.82, 2.24) is 18.9 Å². The first-order valence-corrected chi connectivity index (χ1v) is 15.2. The highest BCUT2D eigenvalue weighted by Crippen LogP contribution is 2.39. The number of nitrogens with zero attached hydrogens (tertiary/aromatic N) is 3. The third kappa shape index (κ3) is 5.30. The van der Waals surface area contributed by atoms with Gasteiger partial charge in [-0.15, -0.1) is 0 Å². The molecule has 39 heavy (non-hydrogen) atoms. The van der Waals surface area contributed by atoms with E-state index in [1.165, 1.54) is 45.5 Å². The van der Waals surface area contributed by atoms with Crippen LogP contribution in [0.4, 0.5) is 10.1 Å². The van der Waals surface area contributed by atoms with E-state index in [9.17, 15) is 21.6 Å². The molecular weight excluding hydrogens is 551 g/mol. The molecule has 212 valence electrons. The van der Waals surface area contributed by atoms with Gasteiger partial charge in [-0.25, -0.2) is 34.8 Å². The number of anilines is 1. The number of halogens is 1. The van der Waals surface area contributed by atoms with Crippen LogP contribution in [-0.2, 0) is 25.6 Å². The zero-order valence-electron chi connectivity index (χ0n) is 21.9. The maximum absolute atomic E-state index is 15.4. The van der Waals surface area contributed by atoms with E-state index in [0.29, 0.717) is 18.6 Å². The van der Waals surface area contributed by atoms with Crippen LogP contribution in [-0.4, -0.2) is 80.0 Å². The van der Waals surface area contributed by atoms with Gasteiger partial charge in [0.1, 0.15) is 22.5 Å². The van der Waals surface area contributed by atoms with Crippen LogP contribution in [0.1, 0.15) is 42.7 Å². The molecule has 4 rings (SSSR count). The second-order valence-electron chi connectivity index (χ2n) is 9.60. The predicted octanol–water partition coefficient (Wildman–Crippen LogP) is 1.68. The number of methoxy groups -OCH3 is 1. The van der Waals surface area contributed by atoms with Crippen molar-refractivity contribution in [2.45, 2.75) is 42.7 Å². The van der Waals surface area contributed by atoms with Gasteiger partial charge >= 0.3 is 0 Å². The Labute approximate surface area is 227 Å². The number of amides is 1. The molecule has 2 aliphatic rings. The van der Waals surface area contributed by atoms with Gasteiger partial charge in [0.2, 0.25) is 26.0 Å². The molecule has 0 radical (unpaired) electrons. The fourth-order valence-corrected chi connectivity index (χ4v) is 8.34. The number of hydrogen-bond acceptors (Lipinski definition) is 8. The molecule has 0 spiro atoms. The number of sulfonamides is 2. The third-order valence-electron chi connectivity index (χ3n) is 7.09. The molecule has 1 aliphatic heterocycles. The van der Waals surface area contributed by atoms with Gasteiger partial charge in [-0.2, -0.15) is 0 Å². The number of carbonyl (C=O) groups excluding carboxylic acids is 1. The van der Waals surface area contributed by atoms with Crippen LogP contribution in [0.5, 0.6) is 5.75 Å². The SMILES string of the molecule is CCN(C[C@H]1[C@@](C)(c2cc(NC(=O)c3ccc(OC)cn3)ccc2F)NC(=N)N(C)S1(=O)=O)S(=O)(=O)C1CC1. The number of pyridine rings is 1. The standard InChI is InChI=1S/C24H31FN6O6S2/c1-5-31(38(33,34)17-8-9-17)14-21-24(2,29-23(26)30(3)39(21,35)36)18-12-15(6-10-19(18)25)28-22(32)20-11-7-16(37-4)13-27-20/h6-7,10-13,17,21H,5,8-9,14H2,1-4H3,(H2,26,29)(H,28,32)/t21-,24+/m0/s1. The van der Waals surface area contributed by atoms with E-state index in [4.69, 9.17) is 10.1 Å². The van der Waals surface area contributed by atoms with Gasteiger partial charge in [0, 0.05) is 31.4 Å². The van der Waals surface area contributed by atoms with E-state index in [2.05, 4.69) is 15.6 Å². The van der Waals surface area contributed by atoms with Gasteiger partial charge < -0.3 is 15.4 Å². The van der Waals surface area contributed by atoms with Crippen molar-refractivity contribution >= 4 is 37.6 Å². The second-order valence-corrected chi connectivity index (χ2v) is 14.0. The Morgan fingerprint density at radius 2 is 2.03 bits per heavy atom. The lowest BCUT2D eigenvalue weighted by Gasteiger charge is -2.47. The Morgan fingerprint density at radius 1 is 1.33 bits per heavy atom. The molecule has 0 unspecified atom stereocenters. The van der Waals surface area contributed by atoms with Crippen LogP contribution in [0.15, 0.2) is 36.5 Å². The first-order valence-electron chi connectivity index (χ1n) is 12.2. The van der Waals surface area contributed by atoms with E-state index >= 15 is 4.39 Å². The fraction of sp³-hybridized carbons (Fsp3) is 0.458. The molecule has 1 aliphatic carbocycles. The predicted molar refractivity (Wildman–Crippen MR) is 143 cm³/mol. The van der Waals surface area contributed by atoms with E-state index in [1.54, 1.807) is 13.0 Å². The average Bonchev–Trinajstić information content (AvgIpc) is 3.75. The number of guanidine groups is 1. The molecule has 3 N–H and O–H groups in total. The Bertz CT molecular complexity index is 1500. The zero-order chi connectivity index (χ0) is 28.8. The van der Waals surface area contributed by atoms with Crippen molar-refractivity contribution in [1.29, 1.82) is 5.41 Å². The fourth-order valence-electron chi connectivity index (χ4n) is 4.54. The second kappa shape index (κ2) is 10.4. The summed E-state index contributed by atoms with van der Waals surface area (Å²) in [7, 11) is -5.44. The Kier molecular flexibility index (Phi) is 7.62. The van der Waals surface area contributed by atoms with Gasteiger partial charge in [-0.3, -0.25) is 10.2 Å². The third-order valence-corrected chi connectivity index (χ3v) is 11.8. The van der Waals surface area contributed by atoms with Crippen molar-refractivity contribution in [3.63, 3.8) is 0 Å². The zero-order valence-corrected chi connectivity index (χ0v) is 23.6. The van der Waals surface area contributed by atoms with E-state index in [-0.39, 0.29) is 23.5 Å². The van der Waals surface area contributed by atoms with Crippen LogP contribution < -0.4 is 15.4 Å². The molecule has 1 saturated heterocycles. The summed E-state index contributed by atoms with van der Waals surface area (Å²) in [5.74, 6) is -1.44. The molecule has 1 saturated carbocycles.